The van der Waals surface area contributed by atoms with E-state index in [9.17, 15) is 19.5 Å². The van der Waals surface area contributed by atoms with E-state index in [-0.39, 0.29) is 17.1 Å². The molecule has 7 aromatic rings. The van der Waals surface area contributed by atoms with E-state index in [0.29, 0.717) is 16.5 Å². The van der Waals surface area contributed by atoms with E-state index in [1.165, 1.54) is 34.1 Å². The predicted molar refractivity (Wildman–Crippen MR) is 252 cm³/mol. The number of thioether (sulfide) groups is 1. The van der Waals surface area contributed by atoms with Gasteiger partial charge in [-0.3, -0.25) is 14.5 Å². The van der Waals surface area contributed by atoms with Crippen molar-refractivity contribution >= 4 is 51.7 Å². The average Bonchev–Trinajstić information content (AvgIpc) is 3.82. The molecule has 9 rings (SSSR count). The van der Waals surface area contributed by atoms with E-state index in [4.69, 9.17) is 15.0 Å². The minimum Gasteiger partial charge on any atom is -0.477 e. The van der Waals surface area contributed by atoms with Gasteiger partial charge in [0.15, 0.2) is 10.8 Å². The number of fused-ring (bicyclic) bond motifs is 1. The Morgan fingerprint density at radius 3 is 1.58 bits per heavy atom. The molecule has 2 atom stereocenters. The largest absolute Gasteiger partial charge is 0.477 e. The minimum absolute atomic E-state index is 0.140. The maximum Gasteiger partial charge on any atom is 0.352 e. The molecule has 0 radical (unpaired) electrons. The van der Waals surface area contributed by atoms with Crippen molar-refractivity contribution in [2.75, 3.05) is 11.1 Å². The summed E-state index contributed by atoms with van der Waals surface area (Å²) in [5, 5.41) is 23.1. The summed E-state index contributed by atoms with van der Waals surface area (Å²) >= 11 is 2.64. The molecule has 2 aliphatic heterocycles. The molecule has 0 aliphatic carbocycles. The lowest BCUT2D eigenvalue weighted by molar-refractivity contribution is -0.150. The Hall–Kier alpha value is -7.54. The number of nitrogens with one attached hydrogen (secondary N) is 2. The standard InChI is InChI=1S/C52H41N5O5S2/c1-2-35-33-63-48-44(47(59)57(48)45(35)49(60)61)54-46(58)43(56-62-52(39-27-15-6-16-28-39,40-29-17-7-18-30-40)41-31-19-8-20-32-41)42-34-64-50(53-42)55-51(36-21-9-3-10-22-36,37-23-11-4-12-24-37)38-25-13-5-14-26-38/h2-32,34,44,48H,1,33H2,(H,53,55)(H,54,58)(H,60,61)/b56-43+. The van der Waals surface area contributed by atoms with E-state index in [1.54, 1.807) is 5.38 Å². The molecule has 10 nitrogen and oxygen atoms in total. The van der Waals surface area contributed by atoms with Gasteiger partial charge in [-0.05, 0) is 22.3 Å². The summed E-state index contributed by atoms with van der Waals surface area (Å²) in [5.41, 5.74) is 3.18. The molecule has 1 aromatic heterocycles. The number of benzene rings is 6. The van der Waals surface area contributed by atoms with Crippen LogP contribution in [0, 0.1) is 0 Å². The number of thiazole rings is 1. The van der Waals surface area contributed by atoms with Crippen molar-refractivity contribution in [3.05, 3.63) is 250 Å². The smallest absolute Gasteiger partial charge is 0.352 e. The SMILES string of the molecule is C=CC1=C(C(=O)O)N2C(=O)C(NC(=O)/C(=N/OC(c3ccccc3)(c3ccccc3)c3ccccc3)c3csc(NC(c4ccccc4)(c4ccccc4)c4ccccc4)n3)C2SC1. The van der Waals surface area contributed by atoms with Crippen LogP contribution in [0.5, 0.6) is 0 Å². The highest BCUT2D eigenvalue weighted by molar-refractivity contribution is 8.00. The molecule has 2 aliphatic rings. The highest BCUT2D eigenvalue weighted by atomic mass is 32.2. The first-order valence-corrected chi connectivity index (χ1v) is 22.5. The van der Waals surface area contributed by atoms with Crippen LogP contribution in [0.3, 0.4) is 0 Å². The summed E-state index contributed by atoms with van der Waals surface area (Å²) in [6, 6.07) is 58.2. The molecule has 64 heavy (non-hydrogen) atoms. The van der Waals surface area contributed by atoms with Crippen LogP contribution in [0.1, 0.15) is 39.1 Å². The maximum atomic E-state index is 14.9. The Morgan fingerprint density at radius 2 is 1.16 bits per heavy atom. The van der Waals surface area contributed by atoms with Crippen LogP contribution in [0.2, 0.25) is 0 Å². The number of β-lactam (4-membered cyclic amide) rings is 1. The summed E-state index contributed by atoms with van der Waals surface area (Å²) in [6.45, 7) is 3.75. The number of carboxylic acids is 1. The first-order chi connectivity index (χ1) is 31.3. The lowest BCUT2D eigenvalue weighted by Gasteiger charge is -2.49. The number of hydrogen-bond acceptors (Lipinski definition) is 9. The molecule has 12 heteroatoms. The molecule has 1 saturated heterocycles. The molecule has 1 fully saturated rings. The average molecular weight is 880 g/mol. The van der Waals surface area contributed by atoms with Crippen molar-refractivity contribution in [2.45, 2.75) is 22.6 Å². The van der Waals surface area contributed by atoms with Gasteiger partial charge in [0.05, 0.1) is 0 Å². The zero-order valence-electron chi connectivity index (χ0n) is 34.3. The molecule has 0 bridgehead atoms. The van der Waals surface area contributed by atoms with Crippen LogP contribution >= 0.6 is 23.1 Å². The Kier molecular flexibility index (Phi) is 11.8. The Bertz CT molecular complexity index is 2670. The van der Waals surface area contributed by atoms with Crippen molar-refractivity contribution in [1.82, 2.24) is 15.2 Å². The van der Waals surface area contributed by atoms with Gasteiger partial charge in [-0.15, -0.1) is 23.1 Å². The first kappa shape index (κ1) is 41.8. The van der Waals surface area contributed by atoms with Gasteiger partial charge in [0.25, 0.3) is 11.8 Å². The number of oxime groups is 1. The second-order valence-corrected chi connectivity index (χ2v) is 17.0. The highest BCUT2D eigenvalue weighted by Gasteiger charge is 2.54. The zero-order chi connectivity index (χ0) is 44.1. The normalized spacial score (nSPS) is 16.3. The third kappa shape index (κ3) is 7.56. The second-order valence-electron chi connectivity index (χ2n) is 15.1. The molecule has 316 valence electrons. The number of allylic oxidation sites excluding steroid dienone is 1. The molecule has 6 aromatic carbocycles. The lowest BCUT2D eigenvalue weighted by atomic mass is 9.77. The molecule has 3 N–H and O–H groups in total. The number of carbonyl (C=O) groups is 3. The third-order valence-corrected chi connectivity index (χ3v) is 13.5. The van der Waals surface area contributed by atoms with E-state index < -0.39 is 40.3 Å². The predicted octanol–water partition coefficient (Wildman–Crippen LogP) is 9.18. The number of carbonyl (C=O) groups excluding carboxylic acids is 2. The monoisotopic (exact) mass is 879 g/mol. The first-order valence-electron chi connectivity index (χ1n) is 20.5. The van der Waals surface area contributed by atoms with Crippen molar-refractivity contribution < 1.29 is 24.3 Å². The summed E-state index contributed by atoms with van der Waals surface area (Å²) in [4.78, 5) is 54.1. The van der Waals surface area contributed by atoms with Crippen LogP contribution in [-0.2, 0) is 30.4 Å². The van der Waals surface area contributed by atoms with Crippen molar-refractivity contribution in [3.63, 3.8) is 0 Å². The quantitative estimate of drug-likeness (QED) is 0.0402. The Labute approximate surface area is 378 Å². The third-order valence-electron chi connectivity index (χ3n) is 11.4. The number of hydrogen-bond donors (Lipinski definition) is 3. The van der Waals surface area contributed by atoms with Gasteiger partial charge in [-0.1, -0.05) is 200 Å². The number of rotatable bonds is 15. The number of carboxylic acid groups (broad SMARTS) is 1. The topological polar surface area (TPSA) is 133 Å². The molecular formula is C52H41N5O5S2. The Morgan fingerprint density at radius 1 is 0.719 bits per heavy atom. The molecule has 0 spiro atoms. The van der Waals surface area contributed by atoms with Gasteiger partial charge in [0.2, 0.25) is 5.60 Å². The zero-order valence-corrected chi connectivity index (χ0v) is 35.9. The second kappa shape index (κ2) is 18.1. The van der Waals surface area contributed by atoms with Crippen molar-refractivity contribution in [1.29, 1.82) is 0 Å². The van der Waals surface area contributed by atoms with E-state index in [1.807, 2.05) is 146 Å². The number of aliphatic carboxylic acids is 1. The van der Waals surface area contributed by atoms with Gasteiger partial charge < -0.3 is 20.6 Å². The van der Waals surface area contributed by atoms with E-state index in [2.05, 4.69) is 53.6 Å². The fraction of sp³-hybridized carbons (Fsp3) is 0.0962. The molecule has 3 heterocycles. The van der Waals surface area contributed by atoms with Gasteiger partial charge in [0, 0.05) is 27.8 Å². The molecular weight excluding hydrogens is 839 g/mol. The maximum absolute atomic E-state index is 14.9. The summed E-state index contributed by atoms with van der Waals surface area (Å²) in [6.07, 6.45) is 1.45. The Balaban J connectivity index is 1.17. The summed E-state index contributed by atoms with van der Waals surface area (Å²) < 4.78 is 0. The van der Waals surface area contributed by atoms with Gasteiger partial charge in [0.1, 0.15) is 28.3 Å². The van der Waals surface area contributed by atoms with E-state index in [0.717, 1.165) is 33.4 Å². The van der Waals surface area contributed by atoms with E-state index >= 15 is 0 Å². The summed E-state index contributed by atoms with van der Waals surface area (Å²) in [5.74, 6) is -2.23. The van der Waals surface area contributed by atoms with Gasteiger partial charge in [-0.2, -0.15) is 0 Å². The van der Waals surface area contributed by atoms with Crippen LogP contribution in [0.25, 0.3) is 0 Å². The van der Waals surface area contributed by atoms with Gasteiger partial charge >= 0.3 is 5.97 Å². The molecule has 2 unspecified atom stereocenters. The molecule has 2 amide bonds. The minimum atomic E-state index is -1.35. The number of aromatic nitrogens is 1. The highest BCUT2D eigenvalue weighted by Crippen LogP contribution is 2.44. The van der Waals surface area contributed by atoms with Crippen molar-refractivity contribution in [2.24, 2.45) is 5.16 Å². The van der Waals surface area contributed by atoms with Crippen LogP contribution in [-0.4, -0.2) is 55.7 Å². The fourth-order valence-electron chi connectivity index (χ4n) is 8.39. The van der Waals surface area contributed by atoms with Crippen molar-refractivity contribution in [3.8, 4) is 0 Å². The summed E-state index contributed by atoms with van der Waals surface area (Å²) in [7, 11) is 0. The van der Waals surface area contributed by atoms with Crippen LogP contribution in [0.15, 0.2) is 216 Å². The van der Waals surface area contributed by atoms with Gasteiger partial charge in [-0.25, -0.2) is 9.78 Å². The molecule has 0 saturated carbocycles. The fourth-order valence-corrected chi connectivity index (χ4v) is 10.5. The van der Waals surface area contributed by atoms with Crippen LogP contribution < -0.4 is 10.6 Å². The number of amides is 2. The number of nitrogens with zero attached hydrogens (tertiary/aromatic N) is 3. The van der Waals surface area contributed by atoms with Crippen LogP contribution in [0.4, 0.5) is 5.13 Å². The number of anilines is 1. The lowest BCUT2D eigenvalue weighted by Crippen LogP contribution is -2.71.